The Kier molecular flexibility index (Phi) is 6.11. The van der Waals surface area contributed by atoms with Crippen molar-refractivity contribution < 1.29 is 14.3 Å². The lowest BCUT2D eigenvalue weighted by molar-refractivity contribution is -0.138. The summed E-state index contributed by atoms with van der Waals surface area (Å²) in [6.07, 6.45) is 5.04. The highest BCUT2D eigenvalue weighted by atomic mass is 16.5. The van der Waals surface area contributed by atoms with Gasteiger partial charge in [-0.15, -0.1) is 0 Å². The van der Waals surface area contributed by atoms with E-state index in [0.29, 0.717) is 18.2 Å². The van der Waals surface area contributed by atoms with Crippen LogP contribution >= 0.6 is 0 Å². The van der Waals surface area contributed by atoms with Crippen molar-refractivity contribution in [2.24, 2.45) is 0 Å². The Morgan fingerprint density at radius 3 is 2.38 bits per heavy atom. The molecule has 0 radical (unpaired) electrons. The van der Waals surface area contributed by atoms with Gasteiger partial charge < -0.3 is 15.0 Å². The van der Waals surface area contributed by atoms with Crippen LogP contribution in [0.3, 0.4) is 0 Å². The van der Waals surface area contributed by atoms with Gasteiger partial charge in [0.05, 0.1) is 0 Å². The molecule has 0 atom stereocenters. The molecule has 0 aliphatic carbocycles. The minimum atomic E-state index is -0.318. The van der Waals surface area contributed by atoms with E-state index in [4.69, 9.17) is 0 Å². The Bertz CT molecular complexity index is 638. The molecule has 7 nitrogen and oxygen atoms in total. The third-order valence-electron chi connectivity index (χ3n) is 4.81. The van der Waals surface area contributed by atoms with Gasteiger partial charge in [-0.2, -0.15) is 5.10 Å². The van der Waals surface area contributed by atoms with E-state index in [2.05, 4.69) is 47.1 Å². The van der Waals surface area contributed by atoms with Gasteiger partial charge in [0.25, 0.3) is 12.4 Å². The number of carbonyl (C=O) groups excluding carboxylic acids is 2. The van der Waals surface area contributed by atoms with Gasteiger partial charge in [-0.25, -0.2) is 0 Å². The number of rotatable bonds is 2. The molecule has 1 fully saturated rings. The van der Waals surface area contributed by atoms with E-state index in [1.165, 1.54) is 0 Å². The van der Waals surface area contributed by atoms with Crippen LogP contribution in [-0.2, 0) is 16.0 Å². The first kappa shape index (κ1) is 20.4. The van der Waals surface area contributed by atoms with Crippen LogP contribution in [0.25, 0.3) is 0 Å². The summed E-state index contributed by atoms with van der Waals surface area (Å²) in [5, 5.41) is 7.64. The lowest BCUT2D eigenvalue weighted by atomic mass is 9.79. The summed E-state index contributed by atoms with van der Waals surface area (Å²) >= 11 is 0. The van der Waals surface area contributed by atoms with Gasteiger partial charge in [-0.1, -0.05) is 0 Å². The van der Waals surface area contributed by atoms with Crippen LogP contribution < -0.4 is 5.32 Å². The fraction of sp³-hybridized carbons (Fsp3) is 0.737. The number of hydrogen-bond acceptors (Lipinski definition) is 5. The maximum absolute atomic E-state index is 12.3. The van der Waals surface area contributed by atoms with Crippen LogP contribution in [0.4, 0.5) is 0 Å². The second kappa shape index (κ2) is 7.78. The van der Waals surface area contributed by atoms with E-state index in [9.17, 15) is 9.59 Å². The lowest BCUT2D eigenvalue weighted by Crippen LogP contribution is -2.58. The van der Waals surface area contributed by atoms with Crippen LogP contribution in [0, 0.1) is 0 Å². The van der Waals surface area contributed by atoms with Gasteiger partial charge in [0.2, 0.25) is 0 Å². The smallest absolute Gasteiger partial charge is 0.293 e. The molecule has 3 rings (SSSR count). The number of amides is 1. The zero-order chi connectivity index (χ0) is 19.5. The molecule has 1 saturated heterocycles. The van der Waals surface area contributed by atoms with Crippen LogP contribution in [0.15, 0.2) is 6.20 Å². The molecular weight excluding hydrogens is 332 g/mol. The van der Waals surface area contributed by atoms with Crippen molar-refractivity contribution in [2.45, 2.75) is 71.1 Å². The Balaban J connectivity index is 0.000000298. The number of fused-ring (bicyclic) bond motifs is 1. The minimum Gasteiger partial charge on any atom is -0.462 e. The molecule has 1 amide bonds. The maximum Gasteiger partial charge on any atom is 0.293 e. The van der Waals surface area contributed by atoms with Gasteiger partial charge in [0, 0.05) is 36.4 Å². The van der Waals surface area contributed by atoms with Crippen LogP contribution in [0.1, 0.15) is 69.6 Å². The Labute approximate surface area is 156 Å². The summed E-state index contributed by atoms with van der Waals surface area (Å²) < 4.78 is 6.45. The highest BCUT2D eigenvalue weighted by molar-refractivity contribution is 5.95. The minimum absolute atomic E-state index is 0.00482. The summed E-state index contributed by atoms with van der Waals surface area (Å²) in [7, 11) is 2.14. The third-order valence-corrected chi connectivity index (χ3v) is 4.81. The molecule has 1 spiro atoms. The number of nitrogens with zero attached hydrogens (tertiary/aromatic N) is 3. The normalized spacial score (nSPS) is 19.4. The third kappa shape index (κ3) is 5.06. The molecule has 0 aromatic carbocycles. The van der Waals surface area contributed by atoms with E-state index in [1.54, 1.807) is 0 Å². The van der Waals surface area contributed by atoms with Crippen LogP contribution in [0.5, 0.6) is 0 Å². The van der Waals surface area contributed by atoms with Crippen molar-refractivity contribution in [3.8, 4) is 0 Å². The number of nitrogens with one attached hydrogen (secondary N) is 1. The molecule has 1 aromatic rings. The second-order valence-electron chi connectivity index (χ2n) is 8.62. The SMILES string of the molecule is CC(C)(C)OC=O.CC(C)n1cc2c(n1)C(=O)NC1(CCN(C)CC1)C2. The molecule has 26 heavy (non-hydrogen) atoms. The van der Waals surface area contributed by atoms with Crippen molar-refractivity contribution in [1.29, 1.82) is 0 Å². The quantitative estimate of drug-likeness (QED) is 0.814. The van der Waals surface area contributed by atoms with E-state index >= 15 is 0 Å². The number of hydrogen-bond donors (Lipinski definition) is 1. The Morgan fingerprint density at radius 2 is 1.92 bits per heavy atom. The number of aromatic nitrogens is 2. The summed E-state index contributed by atoms with van der Waals surface area (Å²) in [4.78, 5) is 24.2. The molecule has 146 valence electrons. The topological polar surface area (TPSA) is 76.5 Å². The van der Waals surface area contributed by atoms with Crippen molar-refractivity contribution >= 4 is 12.4 Å². The van der Waals surface area contributed by atoms with Gasteiger partial charge >= 0.3 is 0 Å². The van der Waals surface area contributed by atoms with E-state index < -0.39 is 0 Å². The molecular formula is C19H32N4O3. The van der Waals surface area contributed by atoms with Crippen molar-refractivity contribution in [3.63, 3.8) is 0 Å². The number of likely N-dealkylation sites (tertiary alicyclic amines) is 1. The van der Waals surface area contributed by atoms with Crippen molar-refractivity contribution in [1.82, 2.24) is 20.0 Å². The van der Waals surface area contributed by atoms with Gasteiger partial charge in [0.1, 0.15) is 5.60 Å². The largest absolute Gasteiger partial charge is 0.462 e. The molecule has 1 N–H and O–H groups in total. The second-order valence-corrected chi connectivity index (χ2v) is 8.62. The summed E-state index contributed by atoms with van der Waals surface area (Å²) in [6, 6.07) is 0.298. The zero-order valence-corrected chi connectivity index (χ0v) is 16.8. The number of ether oxygens (including phenoxy) is 1. The maximum atomic E-state index is 12.3. The molecule has 2 aliphatic rings. The molecule has 3 heterocycles. The predicted molar refractivity (Wildman–Crippen MR) is 100 cm³/mol. The monoisotopic (exact) mass is 364 g/mol. The summed E-state index contributed by atoms with van der Waals surface area (Å²) in [5.74, 6) is 0.00482. The average Bonchev–Trinajstić information content (AvgIpc) is 2.95. The van der Waals surface area contributed by atoms with Gasteiger partial charge in [-0.05, 0) is 60.9 Å². The van der Waals surface area contributed by atoms with E-state index in [0.717, 1.165) is 37.9 Å². The first-order valence-electron chi connectivity index (χ1n) is 9.26. The molecule has 0 unspecified atom stereocenters. The Morgan fingerprint density at radius 1 is 1.31 bits per heavy atom. The Hall–Kier alpha value is -1.89. The first-order chi connectivity index (χ1) is 12.1. The van der Waals surface area contributed by atoms with Crippen molar-refractivity contribution in [2.75, 3.05) is 20.1 Å². The molecule has 0 bridgehead atoms. The number of piperidine rings is 1. The molecule has 1 aromatic heterocycles. The fourth-order valence-electron chi connectivity index (χ4n) is 3.22. The highest BCUT2D eigenvalue weighted by Crippen LogP contribution is 2.31. The lowest BCUT2D eigenvalue weighted by Gasteiger charge is -2.43. The van der Waals surface area contributed by atoms with E-state index in [1.807, 2.05) is 25.5 Å². The number of carbonyl (C=O) groups is 2. The van der Waals surface area contributed by atoms with Crippen molar-refractivity contribution in [3.05, 3.63) is 17.5 Å². The molecule has 7 heteroatoms. The zero-order valence-electron chi connectivity index (χ0n) is 16.8. The highest BCUT2D eigenvalue weighted by Gasteiger charge is 2.41. The summed E-state index contributed by atoms with van der Waals surface area (Å²) in [6.45, 7) is 12.2. The van der Waals surface area contributed by atoms with Crippen LogP contribution in [0.2, 0.25) is 0 Å². The van der Waals surface area contributed by atoms with E-state index in [-0.39, 0.29) is 17.0 Å². The average molecular weight is 364 g/mol. The fourth-order valence-corrected chi connectivity index (χ4v) is 3.22. The van der Waals surface area contributed by atoms with Gasteiger partial charge in [0.15, 0.2) is 5.69 Å². The van der Waals surface area contributed by atoms with Gasteiger partial charge in [-0.3, -0.25) is 14.3 Å². The molecule has 0 saturated carbocycles. The predicted octanol–water partition coefficient (Wildman–Crippen LogP) is 2.17. The first-order valence-corrected chi connectivity index (χ1v) is 9.26. The molecule has 2 aliphatic heterocycles. The standard InChI is InChI=1S/C14H22N4O.C5H10O2/c1-10(2)18-9-11-8-14(4-6-17(3)7-5-14)15-13(19)12(11)16-18;1-5(2,3)7-4-6/h9-10H,4-8H2,1-3H3,(H,15,19);4H,1-3H3. The summed E-state index contributed by atoms with van der Waals surface area (Å²) in [5.41, 5.74) is 1.38. The van der Waals surface area contributed by atoms with Crippen LogP contribution in [-0.4, -0.2) is 58.3 Å².